The normalized spacial score (nSPS) is 11.4. The number of hydrogen-bond donors (Lipinski definition) is 3. The van der Waals surface area contributed by atoms with Crippen LogP contribution in [0.15, 0.2) is 71.6 Å². The summed E-state index contributed by atoms with van der Waals surface area (Å²) >= 11 is 6.14. The van der Waals surface area contributed by atoms with E-state index in [4.69, 9.17) is 16.3 Å². The molecule has 1 aromatic heterocycles. The molecule has 0 aliphatic rings. The first-order valence-corrected chi connectivity index (χ1v) is 14.0. The highest BCUT2D eigenvalue weighted by atomic mass is 35.5. The molecule has 10 nitrogen and oxygen atoms in total. The van der Waals surface area contributed by atoms with Crippen molar-refractivity contribution in [2.75, 3.05) is 5.32 Å². The van der Waals surface area contributed by atoms with Crippen molar-refractivity contribution in [3.63, 3.8) is 0 Å². The molecule has 4 aromatic rings. The van der Waals surface area contributed by atoms with E-state index in [0.717, 1.165) is 5.56 Å². The Bertz CT molecular complexity index is 1700. The van der Waals surface area contributed by atoms with Gasteiger partial charge in [0.15, 0.2) is 5.69 Å². The summed E-state index contributed by atoms with van der Waals surface area (Å²) in [4.78, 5) is 24.4. The van der Waals surface area contributed by atoms with E-state index in [9.17, 15) is 23.1 Å². The molecule has 3 N–H and O–H groups in total. The molecule has 0 aliphatic heterocycles. The largest absolute Gasteiger partial charge is 0.476 e. The number of benzene rings is 3. The summed E-state index contributed by atoms with van der Waals surface area (Å²) in [6.45, 7) is 6.76. The van der Waals surface area contributed by atoms with Crippen molar-refractivity contribution in [2.24, 2.45) is 0 Å². The number of anilines is 1. The minimum absolute atomic E-state index is 0.0232. The van der Waals surface area contributed by atoms with Crippen LogP contribution in [0.5, 0.6) is 11.6 Å². The number of ether oxygens (including phenoxy) is 1. The van der Waals surface area contributed by atoms with Gasteiger partial charge in [-0.25, -0.2) is 17.9 Å². The third-order valence-electron chi connectivity index (χ3n) is 5.76. The number of amides is 1. The molecule has 40 heavy (non-hydrogen) atoms. The van der Waals surface area contributed by atoms with Crippen LogP contribution >= 0.6 is 11.6 Å². The Balaban J connectivity index is 1.81. The number of carboxylic acids is 1. The van der Waals surface area contributed by atoms with Gasteiger partial charge >= 0.3 is 5.97 Å². The maximum atomic E-state index is 13.4. The van der Waals surface area contributed by atoms with Gasteiger partial charge in [0.1, 0.15) is 10.6 Å². The number of aryl methyl sites for hydroxylation is 1. The van der Waals surface area contributed by atoms with E-state index in [1.165, 1.54) is 29.8 Å². The molecule has 3 aromatic carbocycles. The van der Waals surface area contributed by atoms with Gasteiger partial charge < -0.3 is 15.2 Å². The average molecular weight is 583 g/mol. The van der Waals surface area contributed by atoms with Crippen LogP contribution in [0.25, 0.3) is 5.69 Å². The molecule has 1 amide bonds. The van der Waals surface area contributed by atoms with Crippen LogP contribution in [-0.2, 0) is 10.0 Å². The Morgan fingerprint density at radius 1 is 1.02 bits per heavy atom. The topological polar surface area (TPSA) is 140 Å². The van der Waals surface area contributed by atoms with Crippen LogP contribution in [0.4, 0.5) is 5.69 Å². The van der Waals surface area contributed by atoms with Crippen LogP contribution in [0.1, 0.15) is 45.8 Å². The van der Waals surface area contributed by atoms with Gasteiger partial charge in [-0.2, -0.15) is 9.78 Å². The highest BCUT2D eigenvalue weighted by Gasteiger charge is 2.27. The molecule has 0 unspecified atom stereocenters. The number of carboxylic acid groups (broad SMARTS) is 1. The molecule has 208 valence electrons. The minimum Gasteiger partial charge on any atom is -0.476 e. The lowest BCUT2D eigenvalue weighted by Crippen LogP contribution is -2.30. The first-order chi connectivity index (χ1) is 18.9. The monoisotopic (exact) mass is 582 g/mol. The van der Waals surface area contributed by atoms with Gasteiger partial charge in [-0.3, -0.25) is 4.79 Å². The van der Waals surface area contributed by atoms with Gasteiger partial charge in [-0.1, -0.05) is 41.4 Å². The molecule has 4 rings (SSSR count). The molecular formula is C28H27ClN4O6S. The van der Waals surface area contributed by atoms with Crippen molar-refractivity contribution in [3.05, 3.63) is 94.1 Å². The van der Waals surface area contributed by atoms with Crippen molar-refractivity contribution in [1.82, 2.24) is 14.5 Å². The summed E-state index contributed by atoms with van der Waals surface area (Å²) in [6, 6.07) is 17.3. The van der Waals surface area contributed by atoms with Gasteiger partial charge in [0.2, 0.25) is 15.9 Å². The number of nitrogens with zero attached hydrogens (tertiary/aromatic N) is 2. The Kier molecular flexibility index (Phi) is 8.29. The molecule has 0 atom stereocenters. The van der Waals surface area contributed by atoms with Crippen molar-refractivity contribution < 1.29 is 27.9 Å². The van der Waals surface area contributed by atoms with E-state index in [-0.39, 0.29) is 44.1 Å². The Morgan fingerprint density at radius 3 is 2.33 bits per heavy atom. The van der Waals surface area contributed by atoms with Crippen molar-refractivity contribution >= 4 is 39.2 Å². The molecule has 12 heteroatoms. The predicted molar refractivity (Wildman–Crippen MR) is 151 cm³/mol. The standard InChI is InChI=1S/C28H27ClN4O6S/c1-16(2)32-40(37,38)24-15-19(30-26(34)21-7-5-6-8-22(21)29)11-14-23(24)39-27-18(4)25(28(35)36)31-33(27)20-12-9-17(3)10-13-20/h5-16,32H,1-4H3,(H,30,34)(H,35,36). The van der Waals surface area contributed by atoms with Crippen molar-refractivity contribution in [2.45, 2.75) is 38.6 Å². The predicted octanol–water partition coefficient (Wildman–Crippen LogP) is 5.57. The van der Waals surface area contributed by atoms with Crippen LogP contribution in [0.2, 0.25) is 5.02 Å². The fraction of sp³-hybridized carbons (Fsp3) is 0.179. The quantitative estimate of drug-likeness (QED) is 0.234. The molecule has 0 radical (unpaired) electrons. The van der Waals surface area contributed by atoms with E-state index < -0.39 is 27.9 Å². The maximum Gasteiger partial charge on any atom is 0.356 e. The zero-order valence-corrected chi connectivity index (χ0v) is 23.7. The summed E-state index contributed by atoms with van der Waals surface area (Å²) < 4.78 is 36.7. The van der Waals surface area contributed by atoms with E-state index in [0.29, 0.717) is 5.69 Å². The van der Waals surface area contributed by atoms with Crippen LogP contribution in [-0.4, -0.2) is 41.2 Å². The maximum absolute atomic E-state index is 13.4. The fourth-order valence-electron chi connectivity index (χ4n) is 3.87. The van der Waals surface area contributed by atoms with E-state index in [2.05, 4.69) is 15.1 Å². The number of rotatable bonds is 9. The van der Waals surface area contributed by atoms with Crippen molar-refractivity contribution in [1.29, 1.82) is 0 Å². The van der Waals surface area contributed by atoms with Crippen LogP contribution < -0.4 is 14.8 Å². The van der Waals surface area contributed by atoms with E-state index >= 15 is 0 Å². The molecule has 0 bridgehead atoms. The number of aromatic carboxylic acids is 1. The molecule has 0 saturated carbocycles. The van der Waals surface area contributed by atoms with Gasteiger partial charge in [0, 0.05) is 17.3 Å². The summed E-state index contributed by atoms with van der Waals surface area (Å²) in [5, 5.41) is 16.8. The second-order valence-electron chi connectivity index (χ2n) is 9.30. The third-order valence-corrected chi connectivity index (χ3v) is 7.77. The average Bonchev–Trinajstić information content (AvgIpc) is 3.21. The minimum atomic E-state index is -4.15. The van der Waals surface area contributed by atoms with Crippen LogP contribution in [0.3, 0.4) is 0 Å². The Hall–Kier alpha value is -4.19. The number of sulfonamides is 1. The van der Waals surface area contributed by atoms with Gasteiger partial charge in [0.05, 0.1) is 16.3 Å². The summed E-state index contributed by atoms with van der Waals surface area (Å²) in [7, 11) is -4.15. The Morgan fingerprint density at radius 2 is 1.70 bits per heavy atom. The number of carbonyl (C=O) groups excluding carboxylic acids is 1. The lowest BCUT2D eigenvalue weighted by Gasteiger charge is -2.17. The summed E-state index contributed by atoms with van der Waals surface area (Å²) in [5.74, 6) is -1.87. The fourth-order valence-corrected chi connectivity index (χ4v) is 5.49. The molecule has 0 fully saturated rings. The zero-order chi connectivity index (χ0) is 29.2. The van der Waals surface area contributed by atoms with Gasteiger partial charge in [-0.05, 0) is 70.2 Å². The van der Waals surface area contributed by atoms with E-state index in [1.807, 2.05) is 19.1 Å². The number of halogens is 1. The second-order valence-corrected chi connectivity index (χ2v) is 11.4. The van der Waals surface area contributed by atoms with Crippen LogP contribution in [0, 0.1) is 13.8 Å². The van der Waals surface area contributed by atoms with Crippen molar-refractivity contribution in [3.8, 4) is 17.3 Å². The lowest BCUT2D eigenvalue weighted by atomic mass is 10.2. The number of nitrogens with one attached hydrogen (secondary N) is 2. The molecule has 0 aliphatic carbocycles. The first-order valence-electron chi connectivity index (χ1n) is 12.2. The highest BCUT2D eigenvalue weighted by molar-refractivity contribution is 7.89. The number of hydrogen-bond acceptors (Lipinski definition) is 6. The zero-order valence-electron chi connectivity index (χ0n) is 22.1. The van der Waals surface area contributed by atoms with E-state index in [1.54, 1.807) is 50.2 Å². The highest BCUT2D eigenvalue weighted by Crippen LogP contribution is 2.35. The summed E-state index contributed by atoms with van der Waals surface area (Å²) in [5.41, 5.74) is 1.85. The Labute approximate surface area is 236 Å². The molecule has 0 spiro atoms. The number of carbonyl (C=O) groups is 2. The molecule has 0 saturated heterocycles. The molecular weight excluding hydrogens is 556 g/mol. The SMILES string of the molecule is Cc1ccc(-n2nc(C(=O)O)c(C)c2Oc2ccc(NC(=O)c3ccccc3Cl)cc2S(=O)(=O)NC(C)C)cc1. The second kappa shape index (κ2) is 11.5. The lowest BCUT2D eigenvalue weighted by molar-refractivity contribution is 0.0689. The third kappa shape index (κ3) is 6.17. The smallest absolute Gasteiger partial charge is 0.356 e. The number of aromatic nitrogens is 2. The van der Waals surface area contributed by atoms with Gasteiger partial charge in [0.25, 0.3) is 5.91 Å². The first kappa shape index (κ1) is 28.8. The molecule has 1 heterocycles. The summed E-state index contributed by atoms with van der Waals surface area (Å²) in [6.07, 6.45) is 0. The van der Waals surface area contributed by atoms with Gasteiger partial charge in [-0.15, -0.1) is 0 Å².